The van der Waals surface area contributed by atoms with E-state index in [9.17, 15) is 0 Å². The molecule has 2 rings (SSSR count). The molecule has 110 valence electrons. The molecule has 0 aliphatic carbocycles. The van der Waals surface area contributed by atoms with Crippen LogP contribution in [0.3, 0.4) is 0 Å². The summed E-state index contributed by atoms with van der Waals surface area (Å²) >= 11 is 5.38. The monoisotopic (exact) mass is 290 g/mol. The van der Waals surface area contributed by atoms with E-state index in [4.69, 9.17) is 18.0 Å². The van der Waals surface area contributed by atoms with E-state index < -0.39 is 0 Å². The van der Waals surface area contributed by atoms with Crippen LogP contribution in [-0.4, -0.2) is 22.5 Å². The first kappa shape index (κ1) is 15.5. The van der Waals surface area contributed by atoms with Crippen molar-refractivity contribution in [3.8, 4) is 0 Å². The highest BCUT2D eigenvalue weighted by Crippen LogP contribution is 2.30. The Kier molecular flexibility index (Phi) is 5.55. The predicted octanol–water partition coefficient (Wildman–Crippen LogP) is 3.84. The third kappa shape index (κ3) is 3.39. The minimum Gasteiger partial charge on any atom is -0.392 e. The van der Waals surface area contributed by atoms with Crippen molar-refractivity contribution in [1.82, 2.24) is 4.90 Å². The molecule has 0 spiro atoms. The third-order valence-corrected chi connectivity index (χ3v) is 4.67. The van der Waals surface area contributed by atoms with Crippen molar-refractivity contribution in [3.63, 3.8) is 0 Å². The van der Waals surface area contributed by atoms with E-state index in [-0.39, 0.29) is 6.04 Å². The Labute approximate surface area is 128 Å². The summed E-state index contributed by atoms with van der Waals surface area (Å²) in [6, 6.07) is 9.51. The van der Waals surface area contributed by atoms with E-state index in [0.717, 1.165) is 13.0 Å². The lowest BCUT2D eigenvalue weighted by molar-refractivity contribution is 0.122. The second-order valence-electron chi connectivity index (χ2n) is 5.70. The van der Waals surface area contributed by atoms with E-state index in [1.165, 1.54) is 36.8 Å². The zero-order valence-electron chi connectivity index (χ0n) is 12.6. The van der Waals surface area contributed by atoms with Gasteiger partial charge in [-0.05, 0) is 43.4 Å². The van der Waals surface area contributed by atoms with Gasteiger partial charge in [-0.3, -0.25) is 4.90 Å². The van der Waals surface area contributed by atoms with Crippen LogP contribution in [0.25, 0.3) is 0 Å². The average molecular weight is 290 g/mol. The maximum absolute atomic E-state index is 6.08. The van der Waals surface area contributed by atoms with Crippen LogP contribution in [0.2, 0.25) is 0 Å². The lowest BCUT2D eigenvalue weighted by atomic mass is 9.94. The van der Waals surface area contributed by atoms with Crippen LogP contribution in [0.15, 0.2) is 24.3 Å². The molecular formula is C17H26N2S. The van der Waals surface area contributed by atoms with Crippen LogP contribution in [0.5, 0.6) is 0 Å². The zero-order valence-corrected chi connectivity index (χ0v) is 13.5. The molecule has 0 aromatic heterocycles. The fourth-order valence-electron chi connectivity index (χ4n) is 3.26. The van der Waals surface area contributed by atoms with E-state index in [2.05, 4.69) is 43.0 Å². The summed E-state index contributed by atoms with van der Waals surface area (Å²) in [5, 5.41) is 0. The van der Waals surface area contributed by atoms with Crippen LogP contribution >= 0.6 is 12.2 Å². The fourth-order valence-corrected chi connectivity index (χ4v) is 3.53. The number of aryl methyl sites for hydroxylation is 1. The minimum absolute atomic E-state index is 0.0983. The molecule has 0 radical (unpaired) electrons. The Morgan fingerprint density at radius 2 is 2.00 bits per heavy atom. The van der Waals surface area contributed by atoms with Gasteiger partial charge in [-0.2, -0.15) is 0 Å². The number of benzene rings is 1. The first-order valence-corrected chi connectivity index (χ1v) is 8.22. The molecule has 2 nitrogen and oxygen atoms in total. The summed E-state index contributed by atoms with van der Waals surface area (Å²) < 4.78 is 0. The maximum Gasteiger partial charge on any atom is 0.0948 e. The van der Waals surface area contributed by atoms with Crippen LogP contribution < -0.4 is 5.73 Å². The van der Waals surface area contributed by atoms with Gasteiger partial charge in [0.1, 0.15) is 0 Å². The first-order valence-electron chi connectivity index (χ1n) is 7.81. The standard InChI is InChI=1S/C17H26N2S/c1-3-13-8-10-14(11-9-13)16(17(18)20)19-12-6-5-7-15(19)4-2/h8-11,15-16H,3-7,12H2,1-2H3,(H2,18,20). The van der Waals surface area contributed by atoms with Gasteiger partial charge in [0.2, 0.25) is 0 Å². The fraction of sp³-hybridized carbons (Fsp3) is 0.588. The molecule has 1 aromatic rings. The number of thiocarbonyl (C=S) groups is 1. The van der Waals surface area contributed by atoms with E-state index in [1.807, 2.05) is 0 Å². The number of rotatable bonds is 5. The molecule has 2 atom stereocenters. The zero-order chi connectivity index (χ0) is 14.5. The number of nitrogens with two attached hydrogens (primary N) is 1. The van der Waals surface area contributed by atoms with Gasteiger partial charge in [0.25, 0.3) is 0 Å². The van der Waals surface area contributed by atoms with Crippen molar-refractivity contribution in [2.45, 2.75) is 58.0 Å². The average Bonchev–Trinajstić information content (AvgIpc) is 2.48. The van der Waals surface area contributed by atoms with Crippen molar-refractivity contribution in [3.05, 3.63) is 35.4 Å². The first-order chi connectivity index (χ1) is 9.67. The number of piperidine rings is 1. The summed E-state index contributed by atoms with van der Waals surface area (Å²) in [6.07, 6.45) is 6.09. The van der Waals surface area contributed by atoms with Gasteiger partial charge in [0.05, 0.1) is 11.0 Å². The Morgan fingerprint density at radius 3 is 2.55 bits per heavy atom. The third-order valence-electron chi connectivity index (χ3n) is 4.45. The Balaban J connectivity index is 2.27. The van der Waals surface area contributed by atoms with Gasteiger partial charge in [-0.1, -0.05) is 56.8 Å². The normalized spacial score (nSPS) is 21.6. The Hall–Kier alpha value is -0.930. The highest BCUT2D eigenvalue weighted by Gasteiger charge is 2.30. The van der Waals surface area contributed by atoms with Gasteiger partial charge in [0, 0.05) is 6.04 Å². The molecular weight excluding hydrogens is 264 g/mol. The molecule has 1 fully saturated rings. The second-order valence-corrected chi connectivity index (χ2v) is 6.17. The van der Waals surface area contributed by atoms with E-state index in [0.29, 0.717) is 11.0 Å². The van der Waals surface area contributed by atoms with Gasteiger partial charge in [0.15, 0.2) is 0 Å². The van der Waals surface area contributed by atoms with Crippen LogP contribution in [0, 0.1) is 0 Å². The molecule has 1 saturated heterocycles. The summed E-state index contributed by atoms with van der Waals surface area (Å²) in [5.41, 5.74) is 8.68. The van der Waals surface area contributed by atoms with Crippen LogP contribution in [0.1, 0.15) is 56.7 Å². The van der Waals surface area contributed by atoms with Crippen molar-refractivity contribution >= 4 is 17.2 Å². The Bertz CT molecular complexity index is 441. The lowest BCUT2D eigenvalue weighted by Crippen LogP contribution is -2.45. The number of likely N-dealkylation sites (tertiary alicyclic amines) is 1. The summed E-state index contributed by atoms with van der Waals surface area (Å²) in [6.45, 7) is 5.55. The van der Waals surface area contributed by atoms with Crippen molar-refractivity contribution < 1.29 is 0 Å². The molecule has 2 N–H and O–H groups in total. The van der Waals surface area contributed by atoms with Crippen molar-refractivity contribution in [2.75, 3.05) is 6.54 Å². The number of nitrogens with zero attached hydrogens (tertiary/aromatic N) is 1. The van der Waals surface area contributed by atoms with E-state index >= 15 is 0 Å². The topological polar surface area (TPSA) is 29.3 Å². The van der Waals surface area contributed by atoms with Crippen LogP contribution in [-0.2, 0) is 6.42 Å². The highest BCUT2D eigenvalue weighted by atomic mass is 32.1. The largest absolute Gasteiger partial charge is 0.392 e. The quantitative estimate of drug-likeness (QED) is 0.835. The summed E-state index contributed by atoms with van der Waals surface area (Å²) in [7, 11) is 0. The van der Waals surface area contributed by atoms with Crippen molar-refractivity contribution in [2.24, 2.45) is 5.73 Å². The van der Waals surface area contributed by atoms with Gasteiger partial charge < -0.3 is 5.73 Å². The van der Waals surface area contributed by atoms with E-state index in [1.54, 1.807) is 0 Å². The molecule has 0 saturated carbocycles. The lowest BCUT2D eigenvalue weighted by Gasteiger charge is -2.40. The Morgan fingerprint density at radius 1 is 1.30 bits per heavy atom. The predicted molar refractivity (Wildman–Crippen MR) is 90.0 cm³/mol. The molecule has 3 heteroatoms. The molecule has 20 heavy (non-hydrogen) atoms. The van der Waals surface area contributed by atoms with Gasteiger partial charge >= 0.3 is 0 Å². The second kappa shape index (κ2) is 7.19. The number of hydrogen-bond donors (Lipinski definition) is 1. The van der Waals surface area contributed by atoms with Crippen LogP contribution in [0.4, 0.5) is 0 Å². The molecule has 1 aliphatic rings. The summed E-state index contributed by atoms with van der Waals surface area (Å²) in [4.78, 5) is 3.13. The molecule has 0 amide bonds. The molecule has 2 unspecified atom stereocenters. The molecule has 0 bridgehead atoms. The summed E-state index contributed by atoms with van der Waals surface area (Å²) in [5.74, 6) is 0. The SMILES string of the molecule is CCc1ccc(C(C(N)=S)N2CCCCC2CC)cc1. The smallest absolute Gasteiger partial charge is 0.0948 e. The number of hydrogen-bond acceptors (Lipinski definition) is 2. The molecule has 1 aromatic carbocycles. The maximum atomic E-state index is 6.08. The minimum atomic E-state index is 0.0983. The molecule has 1 heterocycles. The highest BCUT2D eigenvalue weighted by molar-refractivity contribution is 7.80. The van der Waals surface area contributed by atoms with Crippen molar-refractivity contribution in [1.29, 1.82) is 0 Å². The van der Waals surface area contributed by atoms with Gasteiger partial charge in [-0.15, -0.1) is 0 Å². The van der Waals surface area contributed by atoms with Gasteiger partial charge in [-0.25, -0.2) is 0 Å². The molecule has 1 aliphatic heterocycles.